The summed E-state index contributed by atoms with van der Waals surface area (Å²) in [7, 11) is 1.51. The maximum atomic E-state index is 12.0. The quantitative estimate of drug-likeness (QED) is 0.896. The fourth-order valence-electron chi connectivity index (χ4n) is 2.17. The van der Waals surface area contributed by atoms with Crippen molar-refractivity contribution in [1.82, 2.24) is 4.90 Å². The summed E-state index contributed by atoms with van der Waals surface area (Å²) >= 11 is 0. The van der Waals surface area contributed by atoms with Gasteiger partial charge in [0, 0.05) is 19.9 Å². The van der Waals surface area contributed by atoms with E-state index in [4.69, 9.17) is 14.6 Å². The van der Waals surface area contributed by atoms with Gasteiger partial charge in [0.05, 0.1) is 13.2 Å². The second kappa shape index (κ2) is 7.15. The number of carboxylic acid groups (broad SMARTS) is 1. The zero-order chi connectivity index (χ0) is 16.1. The van der Waals surface area contributed by atoms with Gasteiger partial charge in [-0.1, -0.05) is 6.07 Å². The third-order valence-electron chi connectivity index (χ3n) is 3.77. The molecule has 22 heavy (non-hydrogen) atoms. The zero-order valence-corrected chi connectivity index (χ0v) is 12.9. The molecule has 6 nitrogen and oxygen atoms in total. The first kappa shape index (κ1) is 16.1. The number of carbonyl (C=O) groups is 2. The lowest BCUT2D eigenvalue weighted by molar-refractivity contribution is -0.148. The van der Waals surface area contributed by atoms with Crippen LogP contribution in [0.4, 0.5) is 0 Å². The number of aryl methyl sites for hydroxylation is 1. The summed E-state index contributed by atoms with van der Waals surface area (Å²) < 4.78 is 11.2. The van der Waals surface area contributed by atoms with Crippen molar-refractivity contribution in [3.8, 4) is 11.5 Å². The minimum atomic E-state index is -1.01. The van der Waals surface area contributed by atoms with Crippen LogP contribution in [0, 0.1) is 0 Å². The molecule has 1 N–H and O–H groups in total. The van der Waals surface area contributed by atoms with Crippen molar-refractivity contribution in [3.05, 3.63) is 23.8 Å². The predicted molar refractivity (Wildman–Crippen MR) is 80.2 cm³/mol. The summed E-state index contributed by atoms with van der Waals surface area (Å²) in [5, 5.41) is 8.92. The molecular formula is C16H21NO5. The maximum absolute atomic E-state index is 12.0. The Labute approximate surface area is 129 Å². The van der Waals surface area contributed by atoms with Crippen LogP contribution in [-0.4, -0.2) is 48.2 Å². The molecule has 6 heteroatoms. The molecular weight excluding hydrogens is 286 g/mol. The highest BCUT2D eigenvalue weighted by atomic mass is 16.5. The Balaban J connectivity index is 1.95. The Morgan fingerprint density at radius 2 is 1.95 bits per heavy atom. The molecule has 1 heterocycles. The van der Waals surface area contributed by atoms with Crippen LogP contribution in [-0.2, 0) is 16.0 Å². The molecule has 0 spiro atoms. The Morgan fingerprint density at radius 1 is 1.27 bits per heavy atom. The molecule has 0 aromatic heterocycles. The normalized spacial score (nSPS) is 14.8. The van der Waals surface area contributed by atoms with Crippen LogP contribution in [0.3, 0.4) is 0 Å². The number of hydrogen-bond acceptors (Lipinski definition) is 4. The van der Waals surface area contributed by atoms with Gasteiger partial charge in [0.25, 0.3) is 0 Å². The highest BCUT2D eigenvalue weighted by Crippen LogP contribution is 2.30. The topological polar surface area (TPSA) is 76.1 Å². The van der Waals surface area contributed by atoms with E-state index in [9.17, 15) is 9.59 Å². The third-order valence-corrected chi connectivity index (χ3v) is 3.77. The Kier molecular flexibility index (Phi) is 5.25. The first-order valence-electron chi connectivity index (χ1n) is 7.36. The van der Waals surface area contributed by atoms with Crippen LogP contribution in [0.5, 0.6) is 11.5 Å². The predicted octanol–water partition coefficient (Wildman–Crippen LogP) is 1.71. The molecule has 120 valence electrons. The number of hydrogen-bond donors (Lipinski definition) is 1. The Bertz CT molecular complexity index is 557. The molecule has 1 unspecified atom stereocenters. The summed E-state index contributed by atoms with van der Waals surface area (Å²) in [5.41, 5.74) is 0.967. The third kappa shape index (κ3) is 3.90. The molecule has 0 bridgehead atoms. The van der Waals surface area contributed by atoms with Crippen molar-refractivity contribution < 1.29 is 24.2 Å². The molecule has 0 fully saturated rings. The molecule has 1 aromatic carbocycles. The van der Waals surface area contributed by atoms with Gasteiger partial charge in [-0.05, 0) is 31.0 Å². The lowest BCUT2D eigenvalue weighted by Crippen LogP contribution is -2.40. The number of carbonyl (C=O) groups excluding carboxylic acids is 1. The van der Waals surface area contributed by atoms with E-state index in [0.717, 1.165) is 17.7 Å². The van der Waals surface area contributed by atoms with E-state index in [1.807, 2.05) is 18.2 Å². The van der Waals surface area contributed by atoms with Gasteiger partial charge < -0.3 is 19.5 Å². The average molecular weight is 307 g/mol. The number of nitrogens with zero attached hydrogens (tertiary/aromatic N) is 1. The molecule has 1 amide bonds. The highest BCUT2D eigenvalue weighted by molar-refractivity contribution is 5.83. The summed E-state index contributed by atoms with van der Waals surface area (Å²) in [6.07, 6.45) is 1.64. The van der Waals surface area contributed by atoms with E-state index in [1.54, 1.807) is 0 Å². The number of ether oxygens (including phenoxy) is 2. The molecule has 0 aliphatic carbocycles. The SMILES string of the molecule is CC(C(=O)O)N(C)C(=O)CCc1ccc2c(c1)OCCCO2. The fraction of sp³-hybridized carbons (Fsp3) is 0.500. The number of carboxylic acids is 1. The van der Waals surface area contributed by atoms with Gasteiger partial charge in [-0.15, -0.1) is 0 Å². The van der Waals surface area contributed by atoms with E-state index in [2.05, 4.69) is 0 Å². The molecule has 2 rings (SSSR count). The van der Waals surface area contributed by atoms with E-state index in [1.165, 1.54) is 18.9 Å². The Hall–Kier alpha value is -2.24. The van der Waals surface area contributed by atoms with E-state index in [0.29, 0.717) is 25.4 Å². The number of fused-ring (bicyclic) bond motifs is 1. The zero-order valence-electron chi connectivity index (χ0n) is 12.9. The molecule has 0 saturated carbocycles. The summed E-state index contributed by atoms with van der Waals surface area (Å²) in [6, 6.07) is 4.82. The van der Waals surface area contributed by atoms with Crippen LogP contribution in [0.1, 0.15) is 25.3 Å². The van der Waals surface area contributed by atoms with Crippen molar-refractivity contribution in [1.29, 1.82) is 0 Å². The van der Waals surface area contributed by atoms with Crippen molar-refractivity contribution >= 4 is 11.9 Å². The largest absolute Gasteiger partial charge is 0.490 e. The van der Waals surface area contributed by atoms with Gasteiger partial charge in [-0.2, -0.15) is 0 Å². The molecule has 1 atom stereocenters. The smallest absolute Gasteiger partial charge is 0.326 e. The number of benzene rings is 1. The summed E-state index contributed by atoms with van der Waals surface area (Å²) in [4.78, 5) is 24.2. The number of amides is 1. The number of likely N-dealkylation sites (N-methyl/N-ethyl adjacent to an activating group) is 1. The van der Waals surface area contributed by atoms with Gasteiger partial charge >= 0.3 is 5.97 Å². The molecule has 1 aliphatic rings. The minimum absolute atomic E-state index is 0.193. The fourth-order valence-corrected chi connectivity index (χ4v) is 2.17. The van der Waals surface area contributed by atoms with Crippen LogP contribution >= 0.6 is 0 Å². The number of rotatable bonds is 5. The standard InChI is InChI=1S/C16H21NO5/c1-11(16(19)20)17(2)15(18)7-5-12-4-6-13-14(10-12)22-9-3-8-21-13/h4,6,10-11H,3,5,7-9H2,1-2H3,(H,19,20). The summed E-state index contributed by atoms with van der Waals surface area (Å²) in [6.45, 7) is 2.75. The van der Waals surface area contributed by atoms with Crippen LogP contribution in [0.25, 0.3) is 0 Å². The maximum Gasteiger partial charge on any atom is 0.326 e. The first-order chi connectivity index (χ1) is 10.5. The van der Waals surface area contributed by atoms with Gasteiger partial charge in [0.15, 0.2) is 11.5 Å². The molecule has 1 aliphatic heterocycles. The second-order valence-corrected chi connectivity index (χ2v) is 5.35. The summed E-state index contributed by atoms with van der Waals surface area (Å²) in [5.74, 6) is 0.229. The average Bonchev–Trinajstić information content (AvgIpc) is 2.75. The second-order valence-electron chi connectivity index (χ2n) is 5.35. The highest BCUT2D eigenvalue weighted by Gasteiger charge is 2.21. The lowest BCUT2D eigenvalue weighted by atomic mass is 10.1. The lowest BCUT2D eigenvalue weighted by Gasteiger charge is -2.21. The van der Waals surface area contributed by atoms with Gasteiger partial charge in [0.2, 0.25) is 5.91 Å². The van der Waals surface area contributed by atoms with Gasteiger partial charge in [0.1, 0.15) is 6.04 Å². The van der Waals surface area contributed by atoms with Crippen LogP contribution < -0.4 is 9.47 Å². The Morgan fingerprint density at radius 3 is 2.64 bits per heavy atom. The first-order valence-corrected chi connectivity index (χ1v) is 7.36. The molecule has 0 radical (unpaired) electrons. The van der Waals surface area contributed by atoms with Crippen molar-refractivity contribution in [3.63, 3.8) is 0 Å². The minimum Gasteiger partial charge on any atom is -0.490 e. The van der Waals surface area contributed by atoms with E-state index in [-0.39, 0.29) is 12.3 Å². The van der Waals surface area contributed by atoms with Crippen LogP contribution in [0.2, 0.25) is 0 Å². The van der Waals surface area contributed by atoms with Crippen molar-refractivity contribution in [2.45, 2.75) is 32.2 Å². The number of aliphatic carboxylic acids is 1. The van der Waals surface area contributed by atoms with Crippen LogP contribution in [0.15, 0.2) is 18.2 Å². The molecule has 0 saturated heterocycles. The monoisotopic (exact) mass is 307 g/mol. The van der Waals surface area contributed by atoms with Gasteiger partial charge in [-0.25, -0.2) is 4.79 Å². The van der Waals surface area contributed by atoms with Gasteiger partial charge in [-0.3, -0.25) is 4.79 Å². The van der Waals surface area contributed by atoms with E-state index < -0.39 is 12.0 Å². The van der Waals surface area contributed by atoms with Crippen molar-refractivity contribution in [2.24, 2.45) is 0 Å². The van der Waals surface area contributed by atoms with Crippen molar-refractivity contribution in [2.75, 3.05) is 20.3 Å². The molecule has 1 aromatic rings. The van der Waals surface area contributed by atoms with E-state index >= 15 is 0 Å².